The fourth-order valence-electron chi connectivity index (χ4n) is 3.41. The van der Waals surface area contributed by atoms with Crippen LogP contribution < -0.4 is 18.9 Å². The average Bonchev–Trinajstić information content (AvgIpc) is 3.29. The maximum Gasteiger partial charge on any atom is 0.283 e. The van der Waals surface area contributed by atoms with Gasteiger partial charge in [-0.3, -0.25) is 10.2 Å². The Hall–Kier alpha value is -3.31. The molecular weight excluding hydrogens is 548 g/mol. The molecule has 4 rings (SSSR count). The lowest BCUT2D eigenvalue weighted by Crippen LogP contribution is -2.35. The predicted molar refractivity (Wildman–Crippen MR) is 145 cm³/mol. The normalized spacial score (nSPS) is 16.0. The van der Waals surface area contributed by atoms with Crippen molar-refractivity contribution < 1.29 is 23.7 Å². The van der Waals surface area contributed by atoms with Crippen LogP contribution in [0.4, 0.5) is 0 Å². The van der Waals surface area contributed by atoms with Gasteiger partial charge in [0.1, 0.15) is 29.8 Å². The summed E-state index contributed by atoms with van der Waals surface area (Å²) >= 11 is 4.86. The van der Waals surface area contributed by atoms with E-state index in [2.05, 4.69) is 26.0 Å². The van der Waals surface area contributed by atoms with Gasteiger partial charge in [-0.2, -0.15) is 15.1 Å². The Kier molecular flexibility index (Phi) is 8.32. The lowest BCUT2D eigenvalue weighted by molar-refractivity contribution is -0.114. The van der Waals surface area contributed by atoms with Crippen molar-refractivity contribution in [2.45, 2.75) is 20.3 Å². The van der Waals surface area contributed by atoms with Crippen molar-refractivity contribution in [3.8, 4) is 23.0 Å². The van der Waals surface area contributed by atoms with Gasteiger partial charge in [-0.1, -0.05) is 13.0 Å². The molecule has 36 heavy (non-hydrogen) atoms. The van der Waals surface area contributed by atoms with Crippen LogP contribution in [-0.2, 0) is 4.79 Å². The molecule has 0 aromatic heterocycles. The Morgan fingerprint density at radius 2 is 1.89 bits per heavy atom. The molecule has 9 nitrogen and oxygen atoms in total. The summed E-state index contributed by atoms with van der Waals surface area (Å²) in [6.07, 6.45) is 2.31. The van der Waals surface area contributed by atoms with Gasteiger partial charge in [-0.15, -0.1) is 0 Å². The number of hydrogen-bond donors (Lipinski definition) is 1. The molecule has 0 radical (unpaired) electrons. The van der Waals surface area contributed by atoms with Crippen molar-refractivity contribution in [2.24, 2.45) is 10.1 Å². The summed E-state index contributed by atoms with van der Waals surface area (Å²) in [4.78, 5) is 16.8. The molecule has 11 heteroatoms. The second-order valence-corrected chi connectivity index (χ2v) is 9.40. The van der Waals surface area contributed by atoms with Gasteiger partial charge in [0.05, 0.1) is 23.8 Å². The molecule has 1 amide bonds. The number of benzene rings is 2. The molecule has 1 N–H and O–H groups in total. The van der Waals surface area contributed by atoms with Gasteiger partial charge in [-0.05, 0) is 76.9 Å². The number of aliphatic imine (C=N–C) groups is 1. The molecule has 0 spiro atoms. The fourth-order valence-corrected chi connectivity index (χ4v) is 4.81. The highest BCUT2D eigenvalue weighted by Gasteiger charge is 2.35. The summed E-state index contributed by atoms with van der Waals surface area (Å²) in [5.41, 5.74) is 0.804. The standard InChI is InChI=1S/C25H25BrN4O5S/c1-4-21-29-30-23(27)18(24(31)28-25(30)36-21)11-15-12-19(26)22(20(13-15)33-5-2)35-10-9-34-17-8-6-7-16(14-17)32-3/h6-8,11-14,27H,4-5,9-10H2,1-3H3/b18-11-,27-23?. The topological polar surface area (TPSA) is 106 Å². The molecule has 0 saturated heterocycles. The first kappa shape index (κ1) is 25.8. The van der Waals surface area contributed by atoms with Crippen molar-refractivity contribution >= 4 is 55.7 Å². The van der Waals surface area contributed by atoms with Gasteiger partial charge in [0.25, 0.3) is 5.91 Å². The van der Waals surface area contributed by atoms with Crippen LogP contribution in [0.25, 0.3) is 6.08 Å². The van der Waals surface area contributed by atoms with Gasteiger partial charge in [0.2, 0.25) is 5.17 Å². The van der Waals surface area contributed by atoms with E-state index >= 15 is 0 Å². The number of hydrogen-bond acceptors (Lipinski definition) is 8. The van der Waals surface area contributed by atoms with Crippen LogP contribution in [0.1, 0.15) is 25.8 Å². The molecule has 2 aliphatic rings. The van der Waals surface area contributed by atoms with E-state index in [1.165, 1.54) is 16.8 Å². The minimum atomic E-state index is -0.476. The third kappa shape index (κ3) is 5.73. The molecule has 0 atom stereocenters. The van der Waals surface area contributed by atoms with E-state index in [9.17, 15) is 4.79 Å². The van der Waals surface area contributed by atoms with Gasteiger partial charge in [-0.25, -0.2) is 0 Å². The quantitative estimate of drug-likeness (QED) is 0.302. The van der Waals surface area contributed by atoms with Crippen LogP contribution >= 0.6 is 27.7 Å². The summed E-state index contributed by atoms with van der Waals surface area (Å²) in [5, 5.41) is 15.5. The third-order valence-corrected chi connectivity index (χ3v) is 6.72. The second kappa shape index (κ2) is 11.6. The Balaban J connectivity index is 1.50. The number of carbonyl (C=O) groups is 1. The minimum Gasteiger partial charge on any atom is -0.497 e. The average molecular weight is 573 g/mol. The zero-order valence-corrected chi connectivity index (χ0v) is 22.4. The smallest absolute Gasteiger partial charge is 0.283 e. The van der Waals surface area contributed by atoms with Crippen molar-refractivity contribution in [3.05, 3.63) is 52.0 Å². The van der Waals surface area contributed by atoms with E-state index in [1.807, 2.05) is 32.0 Å². The molecule has 0 bridgehead atoms. The van der Waals surface area contributed by atoms with Crippen molar-refractivity contribution in [2.75, 3.05) is 26.9 Å². The van der Waals surface area contributed by atoms with Gasteiger partial charge in [0, 0.05) is 6.07 Å². The lowest BCUT2D eigenvalue weighted by Gasteiger charge is -2.20. The molecule has 2 aromatic rings. The Morgan fingerprint density at radius 3 is 2.64 bits per heavy atom. The first-order valence-corrected chi connectivity index (χ1v) is 12.9. The predicted octanol–water partition coefficient (Wildman–Crippen LogP) is 5.34. The van der Waals surface area contributed by atoms with Crippen molar-refractivity contribution in [1.29, 1.82) is 5.41 Å². The molecule has 2 heterocycles. The van der Waals surface area contributed by atoms with E-state index in [0.717, 1.165) is 5.04 Å². The highest BCUT2D eigenvalue weighted by atomic mass is 79.9. The van der Waals surface area contributed by atoms with Crippen molar-refractivity contribution in [3.63, 3.8) is 0 Å². The number of hydrazone groups is 1. The molecule has 0 aliphatic carbocycles. The van der Waals surface area contributed by atoms with Crippen LogP contribution in [-0.4, -0.2) is 53.9 Å². The first-order chi connectivity index (χ1) is 17.4. The van der Waals surface area contributed by atoms with E-state index < -0.39 is 5.91 Å². The van der Waals surface area contributed by atoms with Crippen molar-refractivity contribution in [1.82, 2.24) is 5.01 Å². The van der Waals surface area contributed by atoms with E-state index in [4.69, 9.17) is 24.4 Å². The zero-order chi connectivity index (χ0) is 25.7. The molecule has 0 unspecified atom stereocenters. The highest BCUT2D eigenvalue weighted by Crippen LogP contribution is 2.38. The van der Waals surface area contributed by atoms with E-state index in [-0.39, 0.29) is 18.0 Å². The first-order valence-electron chi connectivity index (χ1n) is 11.3. The number of rotatable bonds is 10. The number of halogens is 1. The number of fused-ring (bicyclic) bond motifs is 1. The number of thioether (sulfide) groups is 1. The zero-order valence-electron chi connectivity index (χ0n) is 20.0. The van der Waals surface area contributed by atoms with Crippen LogP contribution in [0.5, 0.6) is 23.0 Å². The van der Waals surface area contributed by atoms with Crippen LogP contribution in [0, 0.1) is 5.41 Å². The summed E-state index contributed by atoms with van der Waals surface area (Å²) in [6, 6.07) is 10.9. The van der Waals surface area contributed by atoms with E-state index in [1.54, 1.807) is 31.4 Å². The Bertz CT molecular complexity index is 1280. The molecule has 2 aliphatic heterocycles. The Labute approximate surface area is 221 Å². The van der Waals surface area contributed by atoms with Gasteiger partial charge in [0.15, 0.2) is 17.3 Å². The largest absolute Gasteiger partial charge is 0.497 e. The molecule has 0 saturated carbocycles. The summed E-state index contributed by atoms with van der Waals surface area (Å²) < 4.78 is 23.4. The summed E-state index contributed by atoms with van der Waals surface area (Å²) in [5.74, 6) is 1.93. The van der Waals surface area contributed by atoms with E-state index in [0.29, 0.717) is 57.8 Å². The molecular formula is C25H25BrN4O5S. The lowest BCUT2D eigenvalue weighted by atomic mass is 10.1. The SMILES string of the molecule is CCOc1cc(/C=C2/C(=N)N3N=C(CC)SC3=NC2=O)cc(Br)c1OCCOc1cccc(OC)c1. The summed E-state index contributed by atoms with van der Waals surface area (Å²) in [6.45, 7) is 4.86. The highest BCUT2D eigenvalue weighted by molar-refractivity contribution is 9.10. The monoisotopic (exact) mass is 572 g/mol. The number of amidine groups is 2. The number of carbonyl (C=O) groups excluding carboxylic acids is 1. The minimum absolute atomic E-state index is 0.00921. The number of nitrogens with one attached hydrogen (secondary N) is 1. The fraction of sp³-hybridized carbons (Fsp3) is 0.280. The Morgan fingerprint density at radius 1 is 1.11 bits per heavy atom. The maximum absolute atomic E-state index is 12.7. The molecule has 0 fully saturated rings. The van der Waals surface area contributed by atoms with Crippen LogP contribution in [0.2, 0.25) is 0 Å². The van der Waals surface area contributed by atoms with Crippen LogP contribution in [0.3, 0.4) is 0 Å². The summed E-state index contributed by atoms with van der Waals surface area (Å²) in [7, 11) is 1.60. The number of nitrogens with zero attached hydrogens (tertiary/aromatic N) is 3. The molecule has 2 aromatic carbocycles. The van der Waals surface area contributed by atoms with Gasteiger partial charge < -0.3 is 18.9 Å². The molecule has 188 valence electrons. The number of methoxy groups -OCH3 is 1. The number of ether oxygens (including phenoxy) is 4. The number of amides is 1. The third-order valence-electron chi connectivity index (χ3n) is 5.08. The second-order valence-electron chi connectivity index (χ2n) is 7.51. The van der Waals surface area contributed by atoms with Crippen LogP contribution in [0.15, 0.2) is 56.5 Å². The van der Waals surface area contributed by atoms with Gasteiger partial charge >= 0.3 is 0 Å². The maximum atomic E-state index is 12.7.